The first-order valence-electron chi connectivity index (χ1n) is 7.96. The van der Waals surface area contributed by atoms with E-state index in [1.54, 1.807) is 17.6 Å². The second-order valence-electron chi connectivity index (χ2n) is 5.87. The van der Waals surface area contributed by atoms with Crippen LogP contribution in [0.4, 0.5) is 0 Å². The molecule has 25 heavy (non-hydrogen) atoms. The third-order valence-electron chi connectivity index (χ3n) is 4.04. The minimum atomic E-state index is -0.0882. The molecule has 128 valence electrons. The van der Waals surface area contributed by atoms with Gasteiger partial charge in [-0.25, -0.2) is 4.98 Å². The zero-order valence-electron chi connectivity index (χ0n) is 13.8. The summed E-state index contributed by atoms with van der Waals surface area (Å²) in [6, 6.07) is 7.95. The van der Waals surface area contributed by atoms with Crippen molar-refractivity contribution in [2.24, 2.45) is 0 Å². The highest BCUT2D eigenvalue weighted by Gasteiger charge is 2.15. The molecule has 4 aromatic heterocycles. The molecular weight excluding hydrogens is 354 g/mol. The summed E-state index contributed by atoms with van der Waals surface area (Å²) >= 11 is 3.20. The fraction of sp³-hybridized carbons (Fsp3) is 0.222. The number of hydrogen-bond acceptors (Lipinski definition) is 6. The quantitative estimate of drug-likeness (QED) is 0.543. The molecule has 0 saturated carbocycles. The Bertz CT molecular complexity index is 1060. The van der Waals surface area contributed by atoms with Crippen molar-refractivity contribution in [1.82, 2.24) is 15.3 Å². The Morgan fingerprint density at radius 1 is 1.36 bits per heavy atom. The maximum Gasteiger partial charge on any atom is 0.260 e. The van der Waals surface area contributed by atoms with Gasteiger partial charge in [0.15, 0.2) is 0 Å². The van der Waals surface area contributed by atoms with Gasteiger partial charge in [0.1, 0.15) is 16.4 Å². The third-order valence-corrected chi connectivity index (χ3v) is 5.95. The molecule has 1 atom stereocenters. The monoisotopic (exact) mass is 371 g/mol. The molecule has 5 nitrogen and oxygen atoms in total. The van der Waals surface area contributed by atoms with Gasteiger partial charge in [0, 0.05) is 20.7 Å². The topological polar surface area (TPSA) is 70.9 Å². The molecule has 4 aromatic rings. The molecular formula is C18H17N3O2S2. The number of aromatic amines is 1. The van der Waals surface area contributed by atoms with E-state index < -0.39 is 0 Å². The van der Waals surface area contributed by atoms with Gasteiger partial charge in [-0.1, -0.05) is 0 Å². The second-order valence-corrected chi connectivity index (χ2v) is 8.02. The lowest BCUT2D eigenvalue weighted by Gasteiger charge is -2.10. The molecule has 0 aliphatic heterocycles. The van der Waals surface area contributed by atoms with E-state index >= 15 is 0 Å². The predicted octanol–water partition coefficient (Wildman–Crippen LogP) is 4.47. The average Bonchev–Trinajstić information content (AvgIpc) is 3.32. The lowest BCUT2D eigenvalue weighted by atomic mass is 10.2. The van der Waals surface area contributed by atoms with Gasteiger partial charge in [0.2, 0.25) is 0 Å². The van der Waals surface area contributed by atoms with Crippen LogP contribution in [-0.2, 0) is 6.54 Å². The van der Waals surface area contributed by atoms with Crippen LogP contribution in [0.1, 0.15) is 29.4 Å². The minimum Gasteiger partial charge on any atom is -0.468 e. The van der Waals surface area contributed by atoms with E-state index in [1.165, 1.54) is 16.2 Å². The van der Waals surface area contributed by atoms with E-state index in [4.69, 9.17) is 4.42 Å². The third kappa shape index (κ3) is 3.18. The van der Waals surface area contributed by atoms with Crippen LogP contribution in [0.5, 0.6) is 0 Å². The molecule has 0 fully saturated rings. The Hall–Kier alpha value is -2.22. The summed E-state index contributed by atoms with van der Waals surface area (Å²) in [6.45, 7) is 4.55. The molecule has 0 aliphatic rings. The Balaban J connectivity index is 1.61. The number of nitrogens with zero attached hydrogens (tertiary/aromatic N) is 1. The van der Waals surface area contributed by atoms with E-state index in [0.717, 1.165) is 21.0 Å². The summed E-state index contributed by atoms with van der Waals surface area (Å²) in [6.07, 6.45) is 1.65. The van der Waals surface area contributed by atoms with E-state index in [-0.39, 0.29) is 11.6 Å². The van der Waals surface area contributed by atoms with Gasteiger partial charge >= 0.3 is 0 Å². The summed E-state index contributed by atoms with van der Waals surface area (Å²) in [7, 11) is 0. The van der Waals surface area contributed by atoms with Crippen molar-refractivity contribution in [1.29, 1.82) is 0 Å². The summed E-state index contributed by atoms with van der Waals surface area (Å²) in [5, 5.41) is 6.01. The molecule has 4 rings (SSSR count). The zero-order chi connectivity index (χ0) is 17.4. The molecule has 7 heteroatoms. The standard InChI is InChI=1S/C18H17N3O2S2/c1-10-5-6-14(25-10)12-9-24-18-16(12)17(22)20-15(21-18)8-19-11(2)13-4-3-7-23-13/h3-7,9,11,19H,8H2,1-2H3,(H,20,21,22)/t11-/m0/s1. The van der Waals surface area contributed by atoms with Gasteiger partial charge in [-0.3, -0.25) is 4.79 Å². The summed E-state index contributed by atoms with van der Waals surface area (Å²) in [5.41, 5.74) is 0.880. The van der Waals surface area contributed by atoms with E-state index in [2.05, 4.69) is 34.3 Å². The van der Waals surface area contributed by atoms with E-state index in [0.29, 0.717) is 17.8 Å². The maximum absolute atomic E-state index is 12.6. The van der Waals surface area contributed by atoms with Crippen molar-refractivity contribution in [2.75, 3.05) is 0 Å². The Morgan fingerprint density at radius 3 is 2.96 bits per heavy atom. The largest absolute Gasteiger partial charge is 0.468 e. The number of aryl methyl sites for hydroxylation is 1. The van der Waals surface area contributed by atoms with Crippen molar-refractivity contribution in [2.45, 2.75) is 26.4 Å². The number of aromatic nitrogens is 2. The van der Waals surface area contributed by atoms with Gasteiger partial charge in [-0.2, -0.15) is 0 Å². The van der Waals surface area contributed by atoms with Crippen molar-refractivity contribution < 1.29 is 4.42 Å². The summed E-state index contributed by atoms with van der Waals surface area (Å²) < 4.78 is 5.38. The average molecular weight is 371 g/mol. The first-order chi connectivity index (χ1) is 12.1. The fourth-order valence-electron chi connectivity index (χ4n) is 2.73. The summed E-state index contributed by atoms with van der Waals surface area (Å²) in [4.78, 5) is 23.2. The number of rotatable bonds is 5. The van der Waals surface area contributed by atoms with Crippen molar-refractivity contribution in [3.05, 3.63) is 62.7 Å². The molecule has 0 amide bonds. The Morgan fingerprint density at radius 2 is 2.24 bits per heavy atom. The predicted molar refractivity (Wildman–Crippen MR) is 102 cm³/mol. The van der Waals surface area contributed by atoms with Crippen LogP contribution in [-0.4, -0.2) is 9.97 Å². The highest BCUT2D eigenvalue weighted by atomic mass is 32.1. The molecule has 4 heterocycles. The maximum atomic E-state index is 12.6. The second kappa shape index (κ2) is 6.59. The first kappa shape index (κ1) is 16.3. The molecule has 0 bridgehead atoms. The number of H-pyrrole nitrogens is 1. The van der Waals surface area contributed by atoms with Crippen LogP contribution in [0.15, 0.2) is 45.1 Å². The molecule has 2 N–H and O–H groups in total. The molecule has 0 unspecified atom stereocenters. The fourth-order valence-corrected chi connectivity index (χ4v) is 4.65. The lowest BCUT2D eigenvalue weighted by Crippen LogP contribution is -2.21. The van der Waals surface area contributed by atoms with E-state index in [1.807, 2.05) is 24.4 Å². The number of hydrogen-bond donors (Lipinski definition) is 2. The SMILES string of the molecule is Cc1ccc(-c2csc3nc(CN[C@@H](C)c4ccco4)[nH]c(=O)c23)s1. The van der Waals surface area contributed by atoms with Gasteiger partial charge in [-0.15, -0.1) is 22.7 Å². The van der Waals surface area contributed by atoms with Gasteiger partial charge < -0.3 is 14.7 Å². The van der Waals surface area contributed by atoms with Crippen molar-refractivity contribution in [3.8, 4) is 10.4 Å². The van der Waals surface area contributed by atoms with Crippen LogP contribution >= 0.6 is 22.7 Å². The van der Waals surface area contributed by atoms with Crippen molar-refractivity contribution in [3.63, 3.8) is 0 Å². The van der Waals surface area contributed by atoms with Crippen LogP contribution in [0, 0.1) is 6.92 Å². The smallest absolute Gasteiger partial charge is 0.260 e. The van der Waals surface area contributed by atoms with E-state index in [9.17, 15) is 4.79 Å². The number of thiophene rings is 2. The first-order valence-corrected chi connectivity index (χ1v) is 9.65. The van der Waals surface area contributed by atoms with Crippen molar-refractivity contribution >= 4 is 32.9 Å². The molecule has 0 aliphatic carbocycles. The Kier molecular flexibility index (Phi) is 4.29. The van der Waals surface area contributed by atoms with Gasteiger partial charge in [-0.05, 0) is 38.1 Å². The normalized spacial score (nSPS) is 12.7. The highest BCUT2D eigenvalue weighted by molar-refractivity contribution is 7.19. The summed E-state index contributed by atoms with van der Waals surface area (Å²) in [5.74, 6) is 1.49. The number of nitrogens with one attached hydrogen (secondary N) is 2. The van der Waals surface area contributed by atoms with Gasteiger partial charge in [0.25, 0.3) is 5.56 Å². The van der Waals surface area contributed by atoms with Gasteiger partial charge in [0.05, 0.1) is 24.2 Å². The number of fused-ring (bicyclic) bond motifs is 1. The number of furan rings is 1. The molecule has 0 saturated heterocycles. The lowest BCUT2D eigenvalue weighted by molar-refractivity contribution is 0.427. The minimum absolute atomic E-state index is 0.0454. The molecule has 0 aromatic carbocycles. The van der Waals surface area contributed by atoms with Crippen LogP contribution in [0.3, 0.4) is 0 Å². The van der Waals surface area contributed by atoms with Crippen LogP contribution < -0.4 is 10.9 Å². The zero-order valence-corrected chi connectivity index (χ0v) is 15.5. The van der Waals surface area contributed by atoms with Crippen LogP contribution in [0.25, 0.3) is 20.7 Å². The highest BCUT2D eigenvalue weighted by Crippen LogP contribution is 2.34. The molecule has 0 spiro atoms. The Labute approximate surface area is 152 Å². The molecule has 0 radical (unpaired) electrons. The van der Waals surface area contributed by atoms with Crippen LogP contribution in [0.2, 0.25) is 0 Å².